The van der Waals surface area contributed by atoms with Crippen LogP contribution in [0.3, 0.4) is 0 Å². The van der Waals surface area contributed by atoms with E-state index in [1.165, 1.54) is 33.3 Å². The van der Waals surface area contributed by atoms with Crippen LogP contribution in [0.2, 0.25) is 0 Å². The van der Waals surface area contributed by atoms with Gasteiger partial charge in [0.2, 0.25) is 5.91 Å². The molecule has 3 rings (SSSR count). The van der Waals surface area contributed by atoms with Crippen LogP contribution in [0.5, 0.6) is 0 Å². The maximum atomic E-state index is 12.7. The zero-order chi connectivity index (χ0) is 19.6. The van der Waals surface area contributed by atoms with Crippen molar-refractivity contribution in [3.8, 4) is 0 Å². The molecule has 0 aliphatic heterocycles. The predicted molar refractivity (Wildman–Crippen MR) is 116 cm³/mol. The number of fused-ring (bicyclic) bond motifs is 1. The van der Waals surface area contributed by atoms with E-state index in [4.69, 9.17) is 0 Å². The van der Waals surface area contributed by atoms with Gasteiger partial charge in [-0.05, 0) is 50.3 Å². The Morgan fingerprint density at radius 3 is 2.41 bits per heavy atom. The maximum absolute atomic E-state index is 12.7. The first kappa shape index (κ1) is 19.8. The molecule has 3 aromatic rings. The summed E-state index contributed by atoms with van der Waals surface area (Å²) in [6.45, 7) is 10.3. The maximum Gasteiger partial charge on any atom is 0.234 e. The second kappa shape index (κ2) is 8.40. The fourth-order valence-electron chi connectivity index (χ4n) is 3.13. The van der Waals surface area contributed by atoms with E-state index in [1.807, 2.05) is 6.92 Å². The summed E-state index contributed by atoms with van der Waals surface area (Å²) in [7, 11) is 0. The number of para-hydroxylation sites is 1. The summed E-state index contributed by atoms with van der Waals surface area (Å²) in [5.41, 5.74) is 4.54. The third-order valence-corrected chi connectivity index (χ3v) is 6.79. The van der Waals surface area contributed by atoms with E-state index in [2.05, 4.69) is 61.2 Å². The average Bonchev–Trinajstić information content (AvgIpc) is 2.93. The van der Waals surface area contributed by atoms with E-state index in [9.17, 15) is 4.79 Å². The molecule has 0 fully saturated rings. The van der Waals surface area contributed by atoms with Crippen molar-refractivity contribution in [2.75, 3.05) is 11.1 Å². The minimum atomic E-state index is 0.00428. The number of thioether (sulfide) groups is 1. The lowest BCUT2D eigenvalue weighted by atomic mass is 10.0. The molecule has 0 aliphatic carbocycles. The zero-order valence-corrected chi connectivity index (χ0v) is 18.1. The van der Waals surface area contributed by atoms with Gasteiger partial charge in [-0.25, -0.2) is 9.97 Å². The first-order valence-electron chi connectivity index (χ1n) is 9.22. The first-order chi connectivity index (χ1) is 12.9. The predicted octanol–water partition coefficient (Wildman–Crippen LogP) is 5.47. The molecule has 2 aromatic heterocycles. The number of hydrogen-bond acceptors (Lipinski definition) is 5. The van der Waals surface area contributed by atoms with Crippen LogP contribution in [0.25, 0.3) is 10.2 Å². The summed E-state index contributed by atoms with van der Waals surface area (Å²) in [5, 5.41) is 5.12. The molecule has 0 spiro atoms. The van der Waals surface area contributed by atoms with Gasteiger partial charge in [0.1, 0.15) is 15.7 Å². The molecule has 0 aliphatic rings. The van der Waals surface area contributed by atoms with Crippen molar-refractivity contribution in [2.45, 2.75) is 52.5 Å². The highest BCUT2D eigenvalue weighted by Gasteiger charge is 2.16. The minimum absolute atomic E-state index is 0.00428. The number of anilines is 1. The largest absolute Gasteiger partial charge is 0.325 e. The van der Waals surface area contributed by atoms with Gasteiger partial charge in [0.15, 0.2) is 0 Å². The molecule has 142 valence electrons. The number of benzene rings is 1. The molecule has 27 heavy (non-hydrogen) atoms. The van der Waals surface area contributed by atoms with Gasteiger partial charge in [0, 0.05) is 16.0 Å². The minimum Gasteiger partial charge on any atom is -0.325 e. The summed E-state index contributed by atoms with van der Waals surface area (Å²) in [6.07, 6.45) is 1.80. The molecule has 0 saturated carbocycles. The van der Waals surface area contributed by atoms with Gasteiger partial charge in [-0.1, -0.05) is 43.8 Å². The second-order valence-electron chi connectivity index (χ2n) is 6.53. The Morgan fingerprint density at radius 1 is 1.11 bits per heavy atom. The molecule has 0 radical (unpaired) electrons. The van der Waals surface area contributed by atoms with Crippen LogP contribution in [0.4, 0.5) is 5.69 Å². The molecular weight excluding hydrogens is 374 g/mol. The molecular formula is C21H25N3OS2. The molecule has 1 N–H and O–H groups in total. The van der Waals surface area contributed by atoms with Crippen molar-refractivity contribution < 1.29 is 4.79 Å². The molecule has 4 nitrogen and oxygen atoms in total. The molecule has 0 unspecified atom stereocenters. The Balaban J connectivity index is 1.80. The highest BCUT2D eigenvalue weighted by Crippen LogP contribution is 2.35. The van der Waals surface area contributed by atoms with Crippen molar-refractivity contribution >= 4 is 44.9 Å². The van der Waals surface area contributed by atoms with Crippen molar-refractivity contribution in [2.24, 2.45) is 0 Å². The van der Waals surface area contributed by atoms with Crippen molar-refractivity contribution in [3.05, 3.63) is 45.6 Å². The van der Waals surface area contributed by atoms with Gasteiger partial charge in [0.25, 0.3) is 0 Å². The SMILES string of the molecule is CCc1cccc(CC)c1NC(=O)CSc1nc(C)nc2sc(C)c(C)c12. The van der Waals surface area contributed by atoms with Crippen LogP contribution < -0.4 is 5.32 Å². The number of nitrogens with zero attached hydrogens (tertiary/aromatic N) is 2. The van der Waals surface area contributed by atoms with E-state index in [-0.39, 0.29) is 5.91 Å². The molecule has 1 amide bonds. The molecule has 0 bridgehead atoms. The van der Waals surface area contributed by atoms with Gasteiger partial charge >= 0.3 is 0 Å². The fraction of sp³-hybridized carbons (Fsp3) is 0.381. The molecule has 0 atom stereocenters. The standard InChI is InChI=1S/C21H25N3OS2/c1-6-15-9-8-10-16(7-2)19(15)24-17(25)11-26-20-18-12(3)13(4)27-21(18)23-14(5)22-20/h8-10H,6-7,11H2,1-5H3,(H,24,25). The average molecular weight is 400 g/mol. The highest BCUT2D eigenvalue weighted by molar-refractivity contribution is 8.00. The van der Waals surface area contributed by atoms with Crippen LogP contribution in [0.1, 0.15) is 41.2 Å². The Labute approximate surface area is 168 Å². The van der Waals surface area contributed by atoms with Gasteiger partial charge in [0.05, 0.1) is 5.75 Å². The Morgan fingerprint density at radius 2 is 1.78 bits per heavy atom. The van der Waals surface area contributed by atoms with Crippen LogP contribution in [-0.4, -0.2) is 21.6 Å². The van der Waals surface area contributed by atoms with Crippen LogP contribution in [-0.2, 0) is 17.6 Å². The highest BCUT2D eigenvalue weighted by atomic mass is 32.2. The Kier molecular flexibility index (Phi) is 6.17. The number of aromatic nitrogens is 2. The smallest absolute Gasteiger partial charge is 0.234 e. The number of thiophene rings is 1. The van der Waals surface area contributed by atoms with Gasteiger partial charge in [-0.2, -0.15) is 0 Å². The Bertz CT molecular complexity index is 972. The van der Waals surface area contributed by atoms with Gasteiger partial charge < -0.3 is 5.32 Å². The molecule has 2 heterocycles. The number of carbonyl (C=O) groups is 1. The number of nitrogens with one attached hydrogen (secondary N) is 1. The quantitative estimate of drug-likeness (QED) is 0.441. The van der Waals surface area contributed by atoms with Crippen molar-refractivity contribution in [1.82, 2.24) is 9.97 Å². The number of aryl methyl sites for hydroxylation is 5. The number of rotatable bonds is 6. The number of hydrogen-bond donors (Lipinski definition) is 1. The van der Waals surface area contributed by atoms with E-state index >= 15 is 0 Å². The number of carbonyl (C=O) groups excluding carboxylic acids is 1. The summed E-state index contributed by atoms with van der Waals surface area (Å²) >= 11 is 3.18. The normalized spacial score (nSPS) is 11.1. The summed E-state index contributed by atoms with van der Waals surface area (Å²) in [6, 6.07) is 6.22. The topological polar surface area (TPSA) is 54.9 Å². The zero-order valence-electron chi connectivity index (χ0n) is 16.5. The third kappa shape index (κ3) is 4.17. The second-order valence-corrected chi connectivity index (χ2v) is 8.70. The lowest BCUT2D eigenvalue weighted by Crippen LogP contribution is -2.17. The molecule has 1 aromatic carbocycles. The van der Waals surface area contributed by atoms with Gasteiger partial charge in [-0.3, -0.25) is 4.79 Å². The van der Waals surface area contributed by atoms with E-state index in [0.29, 0.717) is 5.75 Å². The van der Waals surface area contributed by atoms with Crippen LogP contribution >= 0.6 is 23.1 Å². The molecule has 6 heteroatoms. The fourth-order valence-corrected chi connectivity index (χ4v) is 5.20. The lowest BCUT2D eigenvalue weighted by Gasteiger charge is -2.14. The molecule has 0 saturated heterocycles. The third-order valence-electron chi connectivity index (χ3n) is 4.71. The first-order valence-corrected chi connectivity index (χ1v) is 11.0. The van der Waals surface area contributed by atoms with E-state index in [1.54, 1.807) is 11.3 Å². The van der Waals surface area contributed by atoms with Crippen molar-refractivity contribution in [1.29, 1.82) is 0 Å². The monoisotopic (exact) mass is 399 g/mol. The number of amides is 1. The summed E-state index contributed by atoms with van der Waals surface area (Å²) in [4.78, 5) is 24.1. The van der Waals surface area contributed by atoms with Crippen molar-refractivity contribution in [3.63, 3.8) is 0 Å². The summed E-state index contributed by atoms with van der Waals surface area (Å²) in [5.74, 6) is 1.09. The summed E-state index contributed by atoms with van der Waals surface area (Å²) < 4.78 is 0. The lowest BCUT2D eigenvalue weighted by molar-refractivity contribution is -0.113. The van der Waals surface area contributed by atoms with E-state index < -0.39 is 0 Å². The Hall–Kier alpha value is -1.92. The van der Waals surface area contributed by atoms with Crippen LogP contribution in [0, 0.1) is 20.8 Å². The van der Waals surface area contributed by atoms with Gasteiger partial charge in [-0.15, -0.1) is 11.3 Å². The van der Waals surface area contributed by atoms with E-state index in [0.717, 1.165) is 39.6 Å². The van der Waals surface area contributed by atoms with Crippen LogP contribution in [0.15, 0.2) is 23.2 Å².